The Morgan fingerprint density at radius 1 is 0.381 bits per heavy atom. The minimum absolute atomic E-state index is 0.117. The molecule has 2 saturated carbocycles. The highest BCUT2D eigenvalue weighted by atomic mass is 15.1. The minimum atomic E-state index is -0.494. The van der Waals surface area contributed by atoms with Gasteiger partial charge in [-0.1, -0.05) is 197 Å². The Hall–Kier alpha value is -6.44. The molecule has 1 heteroatoms. The van der Waals surface area contributed by atoms with Gasteiger partial charge in [-0.2, -0.15) is 0 Å². The van der Waals surface area contributed by atoms with Crippen LogP contribution in [0.15, 0.2) is 200 Å². The Kier molecular flexibility index (Phi) is 8.84. The molecule has 0 spiro atoms. The van der Waals surface area contributed by atoms with Crippen LogP contribution < -0.4 is 4.90 Å². The maximum atomic E-state index is 2.64. The molecule has 1 unspecified atom stereocenters. The summed E-state index contributed by atoms with van der Waals surface area (Å²) in [6.45, 7) is 7.43. The number of fused-ring (bicyclic) bond motifs is 7. The topological polar surface area (TPSA) is 3.24 Å². The quantitative estimate of drug-likeness (QED) is 0.155. The fraction of sp³-hybridized carbons (Fsp3) is 0.226. The van der Waals surface area contributed by atoms with Crippen LogP contribution >= 0.6 is 0 Å². The van der Waals surface area contributed by atoms with Crippen LogP contribution in [0.1, 0.15) is 97.4 Å². The lowest BCUT2D eigenvalue weighted by Crippen LogP contribution is -2.47. The number of nitrogens with zero attached hydrogens (tertiary/aromatic N) is 1. The van der Waals surface area contributed by atoms with Crippen molar-refractivity contribution in [3.63, 3.8) is 0 Å². The Morgan fingerprint density at radius 2 is 0.857 bits per heavy atom. The van der Waals surface area contributed by atoms with Crippen LogP contribution in [0.3, 0.4) is 0 Å². The average Bonchev–Trinajstić information content (AvgIpc) is 3.80. The first-order chi connectivity index (χ1) is 30.8. The molecule has 0 heterocycles. The van der Waals surface area contributed by atoms with Gasteiger partial charge in [-0.3, -0.25) is 0 Å². The number of benzene rings is 8. The lowest BCUT2D eigenvalue weighted by atomic mass is 9.49. The van der Waals surface area contributed by atoms with E-state index in [9.17, 15) is 0 Å². The molecule has 8 aromatic carbocycles. The summed E-state index contributed by atoms with van der Waals surface area (Å²) in [6.07, 6.45) is 6.76. The fourth-order valence-corrected chi connectivity index (χ4v) is 13.3. The zero-order valence-electron chi connectivity index (χ0n) is 36.8. The highest BCUT2D eigenvalue weighted by molar-refractivity contribution is 5.87. The van der Waals surface area contributed by atoms with Crippen molar-refractivity contribution in [2.45, 2.75) is 69.1 Å². The second kappa shape index (κ2) is 14.6. The summed E-state index contributed by atoms with van der Waals surface area (Å²) in [6, 6.07) is 76.2. The van der Waals surface area contributed by atoms with E-state index >= 15 is 0 Å². The highest BCUT2D eigenvalue weighted by Crippen LogP contribution is 2.62. The van der Waals surface area contributed by atoms with Crippen LogP contribution in [-0.2, 0) is 16.2 Å². The molecule has 63 heavy (non-hydrogen) atoms. The summed E-state index contributed by atoms with van der Waals surface area (Å²) in [5, 5.41) is 0. The van der Waals surface area contributed by atoms with Crippen LogP contribution in [0.25, 0.3) is 22.3 Å². The Morgan fingerprint density at radius 3 is 1.51 bits per heavy atom. The van der Waals surface area contributed by atoms with Crippen LogP contribution in [-0.4, -0.2) is 0 Å². The normalized spacial score (nSPS) is 22.0. The molecule has 12 rings (SSSR count). The molecule has 4 aliphatic carbocycles. The van der Waals surface area contributed by atoms with Crippen molar-refractivity contribution in [2.24, 2.45) is 17.8 Å². The fourth-order valence-electron chi connectivity index (χ4n) is 13.3. The number of rotatable bonds is 7. The van der Waals surface area contributed by atoms with Crippen molar-refractivity contribution in [3.8, 4) is 22.3 Å². The lowest BCUT2D eigenvalue weighted by Gasteiger charge is -2.53. The van der Waals surface area contributed by atoms with Crippen molar-refractivity contribution in [1.29, 1.82) is 0 Å². The molecule has 0 N–H and O–H groups in total. The summed E-state index contributed by atoms with van der Waals surface area (Å²) in [5.74, 6) is 2.18. The second-order valence-corrected chi connectivity index (χ2v) is 19.8. The van der Waals surface area contributed by atoms with Crippen LogP contribution in [0, 0.1) is 17.8 Å². The predicted molar refractivity (Wildman–Crippen MR) is 262 cm³/mol. The maximum Gasteiger partial charge on any atom is 0.0707 e. The van der Waals surface area contributed by atoms with Gasteiger partial charge < -0.3 is 4.90 Å². The molecular weight excluding hydrogens is 759 g/mol. The summed E-state index contributed by atoms with van der Waals surface area (Å²) in [5.41, 5.74) is 19.1. The van der Waals surface area contributed by atoms with E-state index in [0.29, 0.717) is 5.92 Å². The summed E-state index contributed by atoms with van der Waals surface area (Å²) in [7, 11) is 0. The van der Waals surface area contributed by atoms with E-state index in [-0.39, 0.29) is 10.8 Å². The molecule has 0 radical (unpaired) electrons. The summed E-state index contributed by atoms with van der Waals surface area (Å²) >= 11 is 0. The zero-order chi connectivity index (χ0) is 42.3. The van der Waals surface area contributed by atoms with Gasteiger partial charge in [0.1, 0.15) is 0 Å². The van der Waals surface area contributed by atoms with E-state index in [1.165, 1.54) is 110 Å². The van der Waals surface area contributed by atoms with E-state index in [4.69, 9.17) is 0 Å². The van der Waals surface area contributed by atoms with Crippen molar-refractivity contribution in [2.75, 3.05) is 4.90 Å². The van der Waals surface area contributed by atoms with Gasteiger partial charge in [-0.25, -0.2) is 0 Å². The van der Waals surface area contributed by atoms with Gasteiger partial charge >= 0.3 is 0 Å². The van der Waals surface area contributed by atoms with Gasteiger partial charge in [0.2, 0.25) is 0 Å². The molecule has 4 atom stereocenters. The first kappa shape index (κ1) is 38.3. The molecule has 2 bridgehead atoms. The third-order valence-corrected chi connectivity index (χ3v) is 16.3. The third-order valence-electron chi connectivity index (χ3n) is 16.3. The minimum Gasteiger partial charge on any atom is -0.310 e. The summed E-state index contributed by atoms with van der Waals surface area (Å²) < 4.78 is 0. The second-order valence-electron chi connectivity index (χ2n) is 19.8. The van der Waals surface area contributed by atoms with Crippen molar-refractivity contribution in [3.05, 3.63) is 245 Å². The molecule has 8 aromatic rings. The van der Waals surface area contributed by atoms with E-state index in [0.717, 1.165) is 17.5 Å². The van der Waals surface area contributed by atoms with Gasteiger partial charge in [0.15, 0.2) is 0 Å². The number of anilines is 3. The van der Waals surface area contributed by atoms with Crippen LogP contribution in [0.4, 0.5) is 17.1 Å². The Bertz CT molecular complexity index is 2930. The van der Waals surface area contributed by atoms with E-state index in [1.807, 2.05) is 0 Å². The SMILES string of the molecule is CC1(C)c2ccccc2-c2ccc(N(c3ccc(-c4ccccc4)cc3)c3ccc4c(c3)[C@@](C)(C3C[C@H]5CC[C@@H](C3)C5)c3ccccc3C4(c3ccccc3)c3ccccc3)cc21. The monoisotopic (exact) mass is 813 g/mol. The molecule has 0 amide bonds. The standard InChI is InChI=1S/C62H55N/c1-60(2)54-24-14-13-23-52(54)53-35-33-50(40-58(53)60)63(49-31-29-45(30-32-49)44-17-7-4-8-18-44)51-34-36-57-59(41-51)61(3,48-38-42-27-28-43(37-42)39-48)55-25-15-16-26-56(55)62(57,46-19-9-5-10-20-46)47-21-11-6-12-22-47/h4-26,29-36,40-43,48H,27-28,37-39H2,1-3H3/t42-,43+,48?,61-/m0/s1. The first-order valence-corrected chi connectivity index (χ1v) is 23.4. The lowest BCUT2D eigenvalue weighted by molar-refractivity contribution is 0.187. The molecule has 0 aliphatic heterocycles. The van der Waals surface area contributed by atoms with Gasteiger partial charge in [0, 0.05) is 27.9 Å². The van der Waals surface area contributed by atoms with Gasteiger partial charge in [0.05, 0.1) is 5.41 Å². The Balaban J connectivity index is 1.12. The maximum absolute atomic E-state index is 2.64. The Labute approximate surface area is 374 Å². The molecule has 0 saturated heterocycles. The van der Waals surface area contributed by atoms with Crippen molar-refractivity contribution in [1.82, 2.24) is 0 Å². The van der Waals surface area contributed by atoms with Crippen LogP contribution in [0.2, 0.25) is 0 Å². The third kappa shape index (κ3) is 5.75. The molecular formula is C62H55N. The van der Waals surface area contributed by atoms with Crippen molar-refractivity contribution >= 4 is 17.1 Å². The summed E-state index contributed by atoms with van der Waals surface area (Å²) in [4.78, 5) is 2.55. The first-order valence-electron chi connectivity index (χ1n) is 23.4. The van der Waals surface area contributed by atoms with E-state index in [1.54, 1.807) is 0 Å². The van der Waals surface area contributed by atoms with Crippen molar-refractivity contribution < 1.29 is 0 Å². The molecule has 0 aromatic heterocycles. The van der Waals surface area contributed by atoms with Gasteiger partial charge in [-0.15, -0.1) is 0 Å². The number of hydrogen-bond acceptors (Lipinski definition) is 1. The predicted octanol–water partition coefficient (Wildman–Crippen LogP) is 16.0. The molecule has 4 aliphatic rings. The largest absolute Gasteiger partial charge is 0.310 e. The zero-order valence-corrected chi connectivity index (χ0v) is 36.8. The van der Waals surface area contributed by atoms with Gasteiger partial charge in [-0.05, 0) is 140 Å². The molecule has 2 fully saturated rings. The smallest absolute Gasteiger partial charge is 0.0707 e. The number of hydrogen-bond donors (Lipinski definition) is 0. The highest BCUT2D eigenvalue weighted by Gasteiger charge is 2.54. The van der Waals surface area contributed by atoms with E-state index in [2.05, 4.69) is 226 Å². The van der Waals surface area contributed by atoms with E-state index < -0.39 is 5.41 Å². The molecule has 308 valence electrons. The van der Waals surface area contributed by atoms with Crippen LogP contribution in [0.5, 0.6) is 0 Å². The molecule has 1 nitrogen and oxygen atoms in total. The average molecular weight is 814 g/mol. The van der Waals surface area contributed by atoms with Gasteiger partial charge in [0.25, 0.3) is 0 Å².